The van der Waals surface area contributed by atoms with Crippen molar-refractivity contribution in [2.75, 3.05) is 45.7 Å². The van der Waals surface area contributed by atoms with Gasteiger partial charge in [-0.3, -0.25) is 4.90 Å². The molecule has 1 fully saturated rings. The van der Waals surface area contributed by atoms with Crippen molar-refractivity contribution in [2.24, 2.45) is 4.99 Å². The number of likely N-dealkylation sites (N-methyl/N-ethyl adjacent to an activating group) is 1. The number of halogens is 4. The molecule has 2 heterocycles. The predicted octanol–water partition coefficient (Wildman–Crippen LogP) is 5.15. The Labute approximate surface area is 184 Å². The summed E-state index contributed by atoms with van der Waals surface area (Å²) in [6, 6.07) is 9.19. The smallest absolute Gasteiger partial charge is 0.385 e. The number of fused-ring (bicyclic) bond motifs is 2. The number of alkyl halides is 3. The number of nitrogens with zero attached hydrogens (tertiary/aromatic N) is 3. The molecule has 1 saturated heterocycles. The zero-order valence-corrected chi connectivity index (χ0v) is 18.1. The minimum atomic E-state index is -4.44. The van der Waals surface area contributed by atoms with E-state index in [1.807, 2.05) is 0 Å². The molecule has 0 amide bonds. The van der Waals surface area contributed by atoms with Crippen LogP contribution in [-0.2, 0) is 10.9 Å². The number of amidine groups is 1. The molecule has 0 unspecified atom stereocenters. The highest BCUT2D eigenvalue weighted by Crippen LogP contribution is 2.39. The summed E-state index contributed by atoms with van der Waals surface area (Å²) in [5.74, 6) is 0.519. The number of anilines is 2. The summed E-state index contributed by atoms with van der Waals surface area (Å²) in [5.41, 5.74) is 1.61. The van der Waals surface area contributed by atoms with Gasteiger partial charge < -0.3 is 15.0 Å². The molecule has 0 aliphatic carbocycles. The number of hydrogen-bond donors (Lipinski definition) is 1. The van der Waals surface area contributed by atoms with Crippen LogP contribution >= 0.6 is 11.6 Å². The lowest BCUT2D eigenvalue weighted by Crippen LogP contribution is -2.53. The quantitative estimate of drug-likeness (QED) is 0.699. The van der Waals surface area contributed by atoms with Crippen molar-refractivity contribution >= 4 is 34.5 Å². The highest BCUT2D eigenvalue weighted by atomic mass is 35.5. The Morgan fingerprint density at radius 2 is 1.94 bits per heavy atom. The van der Waals surface area contributed by atoms with E-state index in [9.17, 15) is 13.2 Å². The molecule has 9 heteroatoms. The van der Waals surface area contributed by atoms with Crippen molar-refractivity contribution in [3.05, 3.63) is 52.5 Å². The molecule has 1 N–H and O–H groups in total. The van der Waals surface area contributed by atoms with Crippen LogP contribution in [0.25, 0.3) is 0 Å². The number of rotatable bonds is 3. The zero-order valence-electron chi connectivity index (χ0n) is 17.3. The molecular weight excluding hydrogens is 429 g/mol. The van der Waals surface area contributed by atoms with Gasteiger partial charge in [0.05, 0.1) is 16.9 Å². The molecule has 0 saturated carbocycles. The lowest BCUT2D eigenvalue weighted by atomic mass is 10.0. The van der Waals surface area contributed by atoms with Crippen LogP contribution in [0, 0.1) is 0 Å². The third kappa shape index (κ3) is 4.66. The van der Waals surface area contributed by atoms with Crippen LogP contribution in [-0.4, -0.2) is 62.1 Å². The van der Waals surface area contributed by atoms with Crippen molar-refractivity contribution in [3.63, 3.8) is 0 Å². The van der Waals surface area contributed by atoms with E-state index in [1.54, 1.807) is 25.3 Å². The van der Waals surface area contributed by atoms with E-state index in [0.29, 0.717) is 53.2 Å². The van der Waals surface area contributed by atoms with E-state index >= 15 is 0 Å². The van der Waals surface area contributed by atoms with Gasteiger partial charge in [-0.05, 0) is 49.9 Å². The van der Waals surface area contributed by atoms with Gasteiger partial charge in [-0.15, -0.1) is 0 Å². The van der Waals surface area contributed by atoms with Gasteiger partial charge >= 0.3 is 6.18 Å². The second kappa shape index (κ2) is 8.68. The Morgan fingerprint density at radius 3 is 2.68 bits per heavy atom. The van der Waals surface area contributed by atoms with Crippen LogP contribution in [0.4, 0.5) is 30.2 Å². The van der Waals surface area contributed by atoms with Crippen molar-refractivity contribution in [1.29, 1.82) is 0 Å². The Kier molecular flexibility index (Phi) is 6.14. The minimum Gasteiger partial charge on any atom is -0.385 e. The number of nitrogens with one attached hydrogen (secondary N) is 1. The first-order valence-corrected chi connectivity index (χ1v) is 10.4. The number of piperazine rings is 1. The first kappa shape index (κ1) is 21.9. The SMILES string of the molecule is COCC[C@H]1CN(C2=Nc3cc(Cl)ccc3Nc3ccc(C(F)(F)F)cc32)CCN1C. The summed E-state index contributed by atoms with van der Waals surface area (Å²) in [6.07, 6.45) is -3.61. The van der Waals surface area contributed by atoms with Crippen LogP contribution < -0.4 is 5.32 Å². The average Bonchev–Trinajstić information content (AvgIpc) is 2.88. The molecule has 2 aliphatic rings. The van der Waals surface area contributed by atoms with Gasteiger partial charge in [0, 0.05) is 55.7 Å². The van der Waals surface area contributed by atoms with Crippen molar-refractivity contribution < 1.29 is 17.9 Å². The molecule has 2 aromatic carbocycles. The number of ether oxygens (including phenoxy) is 1. The molecule has 31 heavy (non-hydrogen) atoms. The predicted molar refractivity (Wildman–Crippen MR) is 117 cm³/mol. The highest BCUT2D eigenvalue weighted by Gasteiger charge is 2.34. The molecule has 2 aliphatic heterocycles. The average molecular weight is 453 g/mol. The number of methoxy groups -OCH3 is 1. The van der Waals surface area contributed by atoms with E-state index in [1.165, 1.54) is 12.1 Å². The maximum atomic E-state index is 13.5. The lowest BCUT2D eigenvalue weighted by Gasteiger charge is -2.41. The summed E-state index contributed by atoms with van der Waals surface area (Å²) >= 11 is 6.18. The molecule has 0 bridgehead atoms. The molecule has 0 aromatic heterocycles. The van der Waals surface area contributed by atoms with Crippen LogP contribution in [0.3, 0.4) is 0 Å². The van der Waals surface area contributed by atoms with Crippen LogP contribution in [0.15, 0.2) is 41.4 Å². The molecule has 2 aromatic rings. The summed E-state index contributed by atoms with van der Waals surface area (Å²) in [5, 5.41) is 3.75. The molecule has 1 atom stereocenters. The van der Waals surface area contributed by atoms with Gasteiger partial charge in [0.15, 0.2) is 0 Å². The fraction of sp³-hybridized carbons (Fsp3) is 0.409. The molecule has 4 rings (SSSR count). The van der Waals surface area contributed by atoms with Crippen molar-refractivity contribution in [1.82, 2.24) is 9.80 Å². The van der Waals surface area contributed by atoms with Gasteiger partial charge in [-0.25, -0.2) is 4.99 Å². The lowest BCUT2D eigenvalue weighted by molar-refractivity contribution is -0.137. The Balaban J connectivity index is 1.80. The second-order valence-corrected chi connectivity index (χ2v) is 8.28. The largest absolute Gasteiger partial charge is 0.416 e. The van der Waals surface area contributed by atoms with Gasteiger partial charge in [-0.1, -0.05) is 11.6 Å². The highest BCUT2D eigenvalue weighted by molar-refractivity contribution is 6.31. The number of aliphatic imine (C=N–C) groups is 1. The van der Waals surface area contributed by atoms with E-state index in [2.05, 4.69) is 22.2 Å². The van der Waals surface area contributed by atoms with E-state index in [4.69, 9.17) is 21.3 Å². The van der Waals surface area contributed by atoms with Gasteiger partial charge in [0.2, 0.25) is 0 Å². The zero-order chi connectivity index (χ0) is 22.2. The maximum Gasteiger partial charge on any atom is 0.416 e. The molecule has 166 valence electrons. The summed E-state index contributed by atoms with van der Waals surface area (Å²) in [7, 11) is 3.72. The first-order chi connectivity index (χ1) is 14.8. The van der Waals surface area contributed by atoms with Crippen LogP contribution in [0.5, 0.6) is 0 Å². The van der Waals surface area contributed by atoms with Crippen LogP contribution in [0.2, 0.25) is 5.02 Å². The van der Waals surface area contributed by atoms with Gasteiger partial charge in [0.25, 0.3) is 0 Å². The molecule has 0 radical (unpaired) electrons. The van der Waals surface area contributed by atoms with E-state index in [-0.39, 0.29) is 6.04 Å². The normalized spacial score (nSPS) is 19.2. The standard InChI is InChI=1S/C22H24ClF3N4O/c1-29-8-9-30(13-16(29)7-10-31-2)21-17-11-14(22(24,25)26)3-5-18(17)27-19-6-4-15(23)12-20(19)28-21/h3-6,11-12,16,27H,7-10,13H2,1-2H3/t16-/m0/s1. The van der Waals surface area contributed by atoms with Gasteiger partial charge in [0.1, 0.15) is 5.84 Å². The summed E-state index contributed by atoms with van der Waals surface area (Å²) < 4.78 is 45.7. The third-order valence-electron chi connectivity index (χ3n) is 5.78. The third-order valence-corrected chi connectivity index (χ3v) is 6.01. The Bertz CT molecular complexity index is 995. The van der Waals surface area contributed by atoms with E-state index in [0.717, 1.165) is 19.0 Å². The monoisotopic (exact) mass is 452 g/mol. The van der Waals surface area contributed by atoms with Crippen LogP contribution in [0.1, 0.15) is 17.5 Å². The van der Waals surface area contributed by atoms with Crippen molar-refractivity contribution in [3.8, 4) is 0 Å². The number of hydrogen-bond acceptors (Lipinski definition) is 5. The minimum absolute atomic E-state index is 0.209. The topological polar surface area (TPSA) is 40.1 Å². The summed E-state index contributed by atoms with van der Waals surface area (Å²) in [4.78, 5) is 9.13. The second-order valence-electron chi connectivity index (χ2n) is 7.84. The van der Waals surface area contributed by atoms with E-state index < -0.39 is 11.7 Å². The first-order valence-electron chi connectivity index (χ1n) is 10.1. The van der Waals surface area contributed by atoms with Gasteiger partial charge in [-0.2, -0.15) is 13.2 Å². The summed E-state index contributed by atoms with van der Waals surface area (Å²) in [6.45, 7) is 2.69. The molecule has 5 nitrogen and oxygen atoms in total. The Morgan fingerprint density at radius 1 is 1.16 bits per heavy atom. The maximum absolute atomic E-state index is 13.5. The Hall–Kier alpha value is -2.29. The fourth-order valence-electron chi connectivity index (χ4n) is 3.98. The molecular formula is C22H24ClF3N4O. The molecule has 0 spiro atoms. The fourth-order valence-corrected chi connectivity index (χ4v) is 4.15. The number of benzene rings is 2. The van der Waals surface area contributed by atoms with Crippen molar-refractivity contribution in [2.45, 2.75) is 18.6 Å².